The number of aromatic amines is 1. The summed E-state index contributed by atoms with van der Waals surface area (Å²) < 4.78 is 26.0. The van der Waals surface area contributed by atoms with Crippen LogP contribution in [0.1, 0.15) is 35.1 Å². The predicted octanol–water partition coefficient (Wildman–Crippen LogP) is 3.72. The maximum atomic E-state index is 12.3. The molecule has 6 nitrogen and oxygen atoms in total. The lowest BCUT2D eigenvalue weighted by Gasteiger charge is -2.33. The monoisotopic (exact) mass is 440 g/mol. The van der Waals surface area contributed by atoms with Gasteiger partial charge in [-0.25, -0.2) is 12.7 Å². The number of hydrogen-bond donors (Lipinski definition) is 1. The highest BCUT2D eigenvalue weighted by atomic mass is 32.2. The first-order chi connectivity index (χ1) is 14.8. The van der Waals surface area contributed by atoms with Crippen molar-refractivity contribution in [3.63, 3.8) is 0 Å². The van der Waals surface area contributed by atoms with Gasteiger partial charge >= 0.3 is 0 Å². The number of H-pyrrole nitrogens is 1. The fourth-order valence-electron chi connectivity index (χ4n) is 4.54. The number of piperidine rings is 1. The van der Waals surface area contributed by atoms with E-state index in [1.807, 2.05) is 18.3 Å². The molecule has 0 radical (unpaired) electrons. The smallest absolute Gasteiger partial charge is 0.217 e. The van der Waals surface area contributed by atoms with Crippen LogP contribution < -0.4 is 0 Å². The standard InChI is InChI=1S/C24H32N4O2S/c1-18-21(7-4-8-22(18)17-31(29,30)27(2)3)16-28-11-5-6-20(15-28)12-19-9-10-24-23(13-19)14-25-26-24/h4,7-10,13-14,20H,5-6,11-12,15-17H2,1-3H3,(H,25,26)/t20-/m1/s1. The third kappa shape index (κ3) is 5.17. The van der Waals surface area contributed by atoms with Crippen molar-refractivity contribution in [2.45, 2.75) is 38.5 Å². The summed E-state index contributed by atoms with van der Waals surface area (Å²) in [5.74, 6) is 0.689. The second kappa shape index (κ2) is 9.10. The number of benzene rings is 2. The van der Waals surface area contributed by atoms with Crippen molar-refractivity contribution < 1.29 is 8.42 Å². The Bertz CT molecular complexity index is 1150. The normalized spacial score (nSPS) is 18.1. The Balaban J connectivity index is 1.42. The quantitative estimate of drug-likeness (QED) is 0.608. The number of rotatable bonds is 7. The largest absolute Gasteiger partial charge is 0.299 e. The van der Waals surface area contributed by atoms with E-state index >= 15 is 0 Å². The summed E-state index contributed by atoms with van der Waals surface area (Å²) in [4.78, 5) is 2.52. The van der Waals surface area contributed by atoms with Crippen molar-refractivity contribution in [3.05, 3.63) is 64.8 Å². The van der Waals surface area contributed by atoms with Gasteiger partial charge in [-0.3, -0.25) is 10.00 Å². The summed E-state index contributed by atoms with van der Waals surface area (Å²) in [5.41, 5.74) is 5.68. The van der Waals surface area contributed by atoms with Crippen LogP contribution in [0.5, 0.6) is 0 Å². The third-order valence-electron chi connectivity index (χ3n) is 6.48. The minimum Gasteiger partial charge on any atom is -0.299 e. The van der Waals surface area contributed by atoms with E-state index in [9.17, 15) is 8.42 Å². The summed E-state index contributed by atoms with van der Waals surface area (Å²) >= 11 is 0. The number of sulfonamides is 1. The van der Waals surface area contributed by atoms with Crippen molar-refractivity contribution >= 4 is 20.9 Å². The topological polar surface area (TPSA) is 69.3 Å². The highest BCUT2D eigenvalue weighted by Crippen LogP contribution is 2.25. The van der Waals surface area contributed by atoms with Gasteiger partial charge in [-0.05, 0) is 73.0 Å². The fourth-order valence-corrected chi connectivity index (χ4v) is 5.51. The van der Waals surface area contributed by atoms with Gasteiger partial charge in [0.15, 0.2) is 0 Å². The molecule has 0 bridgehead atoms. The molecule has 1 saturated heterocycles. The average Bonchev–Trinajstić information content (AvgIpc) is 3.19. The highest BCUT2D eigenvalue weighted by Gasteiger charge is 2.22. The van der Waals surface area contributed by atoms with Gasteiger partial charge in [0.1, 0.15) is 0 Å². The maximum absolute atomic E-state index is 12.3. The molecular formula is C24H32N4O2S. The lowest BCUT2D eigenvalue weighted by atomic mass is 9.90. The molecule has 166 valence electrons. The molecule has 1 N–H and O–H groups in total. The van der Waals surface area contributed by atoms with Gasteiger partial charge in [-0.1, -0.05) is 24.3 Å². The van der Waals surface area contributed by atoms with Crippen molar-refractivity contribution in [2.75, 3.05) is 27.2 Å². The molecule has 0 aliphatic carbocycles. The molecule has 7 heteroatoms. The first kappa shape index (κ1) is 22.0. The molecule has 0 amide bonds. The van der Waals surface area contributed by atoms with Crippen LogP contribution in [0.3, 0.4) is 0 Å². The number of nitrogens with one attached hydrogen (secondary N) is 1. The molecule has 1 atom stereocenters. The molecule has 2 aromatic carbocycles. The summed E-state index contributed by atoms with van der Waals surface area (Å²) in [7, 11) is -0.0854. The zero-order valence-corrected chi connectivity index (χ0v) is 19.5. The van der Waals surface area contributed by atoms with Gasteiger partial charge in [0.05, 0.1) is 17.5 Å². The van der Waals surface area contributed by atoms with Crippen LogP contribution in [0.15, 0.2) is 42.6 Å². The van der Waals surface area contributed by atoms with Gasteiger partial charge in [0.2, 0.25) is 10.0 Å². The van der Waals surface area contributed by atoms with Crippen molar-refractivity contribution in [2.24, 2.45) is 5.92 Å². The Hall–Kier alpha value is -2.22. The van der Waals surface area contributed by atoms with Gasteiger partial charge in [0.25, 0.3) is 0 Å². The van der Waals surface area contributed by atoms with Gasteiger partial charge in [0, 0.05) is 32.6 Å². The fraction of sp³-hybridized carbons (Fsp3) is 0.458. The number of aromatic nitrogens is 2. The van der Waals surface area contributed by atoms with Crippen molar-refractivity contribution in [1.29, 1.82) is 0 Å². The molecule has 3 aromatic rings. The molecule has 0 spiro atoms. The summed E-state index contributed by atoms with van der Waals surface area (Å²) in [6.45, 7) is 5.09. The van der Waals surface area contributed by atoms with Gasteiger partial charge in [-0.2, -0.15) is 5.10 Å². The van der Waals surface area contributed by atoms with E-state index in [-0.39, 0.29) is 5.75 Å². The number of fused-ring (bicyclic) bond motifs is 1. The van der Waals surface area contributed by atoms with Crippen LogP contribution in [0, 0.1) is 12.8 Å². The van der Waals surface area contributed by atoms with E-state index in [2.05, 4.69) is 46.3 Å². The number of likely N-dealkylation sites (tertiary alicyclic amines) is 1. The summed E-state index contributed by atoms with van der Waals surface area (Å²) in [6.07, 6.45) is 5.42. The molecule has 31 heavy (non-hydrogen) atoms. The zero-order chi connectivity index (χ0) is 22.0. The predicted molar refractivity (Wildman–Crippen MR) is 125 cm³/mol. The minimum atomic E-state index is -3.27. The van der Waals surface area contributed by atoms with E-state index in [0.29, 0.717) is 5.92 Å². The van der Waals surface area contributed by atoms with Crippen molar-refractivity contribution in [3.8, 4) is 0 Å². The highest BCUT2D eigenvalue weighted by molar-refractivity contribution is 7.88. The Morgan fingerprint density at radius 1 is 1.19 bits per heavy atom. The number of hydrogen-bond acceptors (Lipinski definition) is 4. The molecule has 0 unspecified atom stereocenters. The molecule has 4 rings (SSSR count). The first-order valence-corrected chi connectivity index (χ1v) is 12.5. The van der Waals surface area contributed by atoms with Crippen LogP contribution in [0.25, 0.3) is 10.9 Å². The molecular weight excluding hydrogens is 408 g/mol. The third-order valence-corrected chi connectivity index (χ3v) is 8.27. The number of nitrogens with zero attached hydrogens (tertiary/aromatic N) is 3. The van der Waals surface area contributed by atoms with Gasteiger partial charge in [-0.15, -0.1) is 0 Å². The lowest BCUT2D eigenvalue weighted by molar-refractivity contribution is 0.167. The van der Waals surface area contributed by atoms with Crippen LogP contribution in [0.2, 0.25) is 0 Å². The average molecular weight is 441 g/mol. The maximum Gasteiger partial charge on any atom is 0.217 e. The first-order valence-electron chi connectivity index (χ1n) is 10.9. The molecule has 1 aromatic heterocycles. The minimum absolute atomic E-state index is 0.0544. The Morgan fingerprint density at radius 3 is 2.81 bits per heavy atom. The van der Waals surface area contributed by atoms with Crippen LogP contribution in [0.4, 0.5) is 0 Å². The summed E-state index contributed by atoms with van der Waals surface area (Å²) in [5, 5.41) is 8.31. The van der Waals surface area contributed by atoms with E-state index in [0.717, 1.165) is 42.7 Å². The molecule has 1 aliphatic heterocycles. The van der Waals surface area contributed by atoms with Crippen LogP contribution >= 0.6 is 0 Å². The van der Waals surface area contributed by atoms with E-state index in [1.54, 1.807) is 14.1 Å². The molecule has 1 aliphatic rings. The van der Waals surface area contributed by atoms with Crippen LogP contribution in [-0.4, -0.2) is 55.0 Å². The van der Waals surface area contributed by atoms with E-state index < -0.39 is 10.0 Å². The van der Waals surface area contributed by atoms with E-state index in [1.165, 1.54) is 33.7 Å². The van der Waals surface area contributed by atoms with Crippen molar-refractivity contribution in [1.82, 2.24) is 19.4 Å². The second-order valence-corrected chi connectivity index (χ2v) is 11.2. The SMILES string of the molecule is Cc1c(CN2CCC[C@H](Cc3ccc4[nH]ncc4c3)C2)cccc1CS(=O)(=O)N(C)C. The lowest BCUT2D eigenvalue weighted by Crippen LogP contribution is -2.36. The molecule has 0 saturated carbocycles. The van der Waals surface area contributed by atoms with Crippen LogP contribution in [-0.2, 0) is 28.7 Å². The Labute approximate surface area is 185 Å². The van der Waals surface area contributed by atoms with E-state index in [4.69, 9.17) is 0 Å². The summed E-state index contributed by atoms with van der Waals surface area (Å²) in [6, 6.07) is 12.6. The Kier molecular flexibility index (Phi) is 6.46. The van der Waals surface area contributed by atoms with Gasteiger partial charge < -0.3 is 0 Å². The molecule has 1 fully saturated rings. The second-order valence-electron chi connectivity index (χ2n) is 8.98. The zero-order valence-electron chi connectivity index (χ0n) is 18.6. The molecule has 2 heterocycles. The Morgan fingerprint density at radius 2 is 2.00 bits per heavy atom.